The van der Waals surface area contributed by atoms with E-state index in [1.165, 1.54) is 6.42 Å². The molecule has 3 atom stereocenters. The lowest BCUT2D eigenvalue weighted by Gasteiger charge is -2.42. The molecule has 3 unspecified atom stereocenters. The Morgan fingerprint density at radius 3 is 2.71 bits per heavy atom. The van der Waals surface area contributed by atoms with Crippen LogP contribution >= 0.6 is 0 Å². The summed E-state index contributed by atoms with van der Waals surface area (Å²) >= 11 is 0. The average Bonchev–Trinajstić information content (AvgIpc) is 2.74. The molecule has 94 valence electrons. The second-order valence-corrected chi connectivity index (χ2v) is 5.53. The maximum absolute atomic E-state index is 12.3. The third-order valence-electron chi connectivity index (χ3n) is 4.02. The molecule has 0 saturated carbocycles. The summed E-state index contributed by atoms with van der Waals surface area (Å²) in [5.74, 6) is 2.36. The van der Waals surface area contributed by atoms with Crippen molar-refractivity contribution in [2.24, 2.45) is 11.8 Å². The summed E-state index contributed by atoms with van der Waals surface area (Å²) in [6.07, 6.45) is 3.78. The molecule has 1 amide bonds. The van der Waals surface area contributed by atoms with Crippen molar-refractivity contribution in [2.75, 3.05) is 26.2 Å². The largest absolute Gasteiger partial charge is 0.485 e. The molecule has 2 saturated heterocycles. The van der Waals surface area contributed by atoms with E-state index in [-0.39, 0.29) is 12.0 Å². The van der Waals surface area contributed by atoms with Gasteiger partial charge in [-0.05, 0) is 44.3 Å². The third kappa shape index (κ3) is 2.18. The van der Waals surface area contributed by atoms with Gasteiger partial charge in [-0.2, -0.15) is 0 Å². The molecule has 0 spiro atoms. The first-order chi connectivity index (χ1) is 8.22. The van der Waals surface area contributed by atoms with Crippen molar-refractivity contribution in [1.29, 1.82) is 0 Å². The maximum Gasteiger partial charge on any atom is 0.263 e. The lowest BCUT2D eigenvalue weighted by Crippen LogP contribution is -2.54. The van der Waals surface area contributed by atoms with E-state index < -0.39 is 0 Å². The quantitative estimate of drug-likeness (QED) is 0.730. The standard InChI is InChI=1S/C13H20N2O2/c1-9-2-3-12(17-9)13(16)15-7-10-4-11(8-15)6-14-5-10/h2,10-12,14H,3-8H2,1H3. The number of likely N-dealkylation sites (tertiary alicyclic amines) is 1. The fourth-order valence-electron chi connectivity index (χ4n) is 3.23. The number of hydrogen-bond acceptors (Lipinski definition) is 3. The van der Waals surface area contributed by atoms with E-state index in [9.17, 15) is 4.79 Å². The third-order valence-corrected chi connectivity index (χ3v) is 4.02. The first-order valence-corrected chi connectivity index (χ1v) is 6.55. The normalized spacial score (nSPS) is 36.4. The minimum Gasteiger partial charge on any atom is -0.485 e. The van der Waals surface area contributed by atoms with Crippen LogP contribution in [0.4, 0.5) is 0 Å². The molecule has 0 aromatic rings. The molecule has 3 heterocycles. The monoisotopic (exact) mass is 236 g/mol. The Morgan fingerprint density at radius 2 is 2.12 bits per heavy atom. The van der Waals surface area contributed by atoms with Gasteiger partial charge in [-0.25, -0.2) is 0 Å². The smallest absolute Gasteiger partial charge is 0.263 e. The number of carbonyl (C=O) groups excluding carboxylic acids is 1. The van der Waals surface area contributed by atoms with Crippen LogP contribution in [-0.4, -0.2) is 43.1 Å². The Labute approximate surface area is 102 Å². The van der Waals surface area contributed by atoms with Crippen molar-refractivity contribution in [1.82, 2.24) is 10.2 Å². The van der Waals surface area contributed by atoms with Crippen molar-refractivity contribution in [2.45, 2.75) is 25.9 Å². The van der Waals surface area contributed by atoms with Gasteiger partial charge in [-0.15, -0.1) is 0 Å². The van der Waals surface area contributed by atoms with Crippen LogP contribution in [0.1, 0.15) is 19.8 Å². The lowest BCUT2D eigenvalue weighted by atomic mass is 9.85. The Balaban J connectivity index is 1.62. The molecule has 2 fully saturated rings. The zero-order valence-electron chi connectivity index (χ0n) is 10.3. The lowest BCUT2D eigenvalue weighted by molar-refractivity contribution is -0.143. The second-order valence-electron chi connectivity index (χ2n) is 5.53. The Bertz CT molecular complexity index is 341. The molecule has 0 aromatic carbocycles. The fourth-order valence-corrected chi connectivity index (χ4v) is 3.23. The summed E-state index contributed by atoms with van der Waals surface area (Å²) in [5.41, 5.74) is 0. The number of allylic oxidation sites excluding steroid dienone is 1. The zero-order chi connectivity index (χ0) is 11.8. The highest BCUT2D eigenvalue weighted by atomic mass is 16.5. The number of fused-ring (bicyclic) bond motifs is 2. The van der Waals surface area contributed by atoms with Crippen LogP contribution in [0, 0.1) is 11.8 Å². The number of amides is 1. The first-order valence-electron chi connectivity index (χ1n) is 6.55. The molecule has 3 rings (SSSR count). The summed E-state index contributed by atoms with van der Waals surface area (Å²) < 4.78 is 5.55. The SMILES string of the molecule is CC1=CCC(C(=O)N2CC3CNCC(C3)C2)O1. The predicted molar refractivity (Wildman–Crippen MR) is 64.3 cm³/mol. The molecule has 0 aliphatic carbocycles. The summed E-state index contributed by atoms with van der Waals surface area (Å²) in [7, 11) is 0. The van der Waals surface area contributed by atoms with Gasteiger partial charge in [-0.3, -0.25) is 4.79 Å². The molecule has 0 aromatic heterocycles. The number of rotatable bonds is 1. The van der Waals surface area contributed by atoms with E-state index in [1.54, 1.807) is 0 Å². The highest BCUT2D eigenvalue weighted by Gasteiger charge is 2.36. The van der Waals surface area contributed by atoms with Gasteiger partial charge in [0, 0.05) is 19.5 Å². The van der Waals surface area contributed by atoms with Gasteiger partial charge in [-0.1, -0.05) is 0 Å². The number of nitrogens with zero attached hydrogens (tertiary/aromatic N) is 1. The summed E-state index contributed by atoms with van der Waals surface area (Å²) in [5, 5.41) is 3.44. The van der Waals surface area contributed by atoms with Crippen molar-refractivity contribution >= 4 is 5.91 Å². The minimum absolute atomic E-state index is 0.190. The summed E-state index contributed by atoms with van der Waals surface area (Å²) in [4.78, 5) is 14.3. The second kappa shape index (κ2) is 4.33. The Morgan fingerprint density at radius 1 is 1.41 bits per heavy atom. The summed E-state index contributed by atoms with van der Waals surface area (Å²) in [6.45, 7) is 5.84. The van der Waals surface area contributed by atoms with Crippen LogP contribution in [0.5, 0.6) is 0 Å². The molecule has 1 N–H and O–H groups in total. The van der Waals surface area contributed by atoms with Gasteiger partial charge in [0.2, 0.25) is 0 Å². The number of ether oxygens (including phenoxy) is 1. The van der Waals surface area contributed by atoms with Crippen LogP contribution in [0.25, 0.3) is 0 Å². The van der Waals surface area contributed by atoms with E-state index in [0.29, 0.717) is 11.8 Å². The highest BCUT2D eigenvalue weighted by molar-refractivity contribution is 5.81. The molecule has 3 aliphatic rings. The van der Waals surface area contributed by atoms with E-state index in [1.807, 2.05) is 17.9 Å². The molecule has 0 radical (unpaired) electrons. The van der Waals surface area contributed by atoms with E-state index in [2.05, 4.69) is 5.32 Å². The molecule has 3 aliphatic heterocycles. The topological polar surface area (TPSA) is 41.6 Å². The van der Waals surface area contributed by atoms with Crippen molar-refractivity contribution < 1.29 is 9.53 Å². The van der Waals surface area contributed by atoms with Crippen LogP contribution in [-0.2, 0) is 9.53 Å². The van der Waals surface area contributed by atoms with Crippen molar-refractivity contribution in [3.8, 4) is 0 Å². The zero-order valence-corrected chi connectivity index (χ0v) is 10.3. The first kappa shape index (κ1) is 11.1. The average molecular weight is 236 g/mol. The Kier molecular flexibility index (Phi) is 2.82. The van der Waals surface area contributed by atoms with E-state index in [4.69, 9.17) is 4.74 Å². The predicted octanol–water partition coefficient (Wildman–Crippen LogP) is 0.747. The number of nitrogens with one attached hydrogen (secondary N) is 1. The molecular weight excluding hydrogens is 216 g/mol. The summed E-state index contributed by atoms with van der Waals surface area (Å²) in [6, 6.07) is 0. The van der Waals surface area contributed by atoms with Crippen molar-refractivity contribution in [3.63, 3.8) is 0 Å². The number of piperidine rings is 2. The van der Waals surface area contributed by atoms with Gasteiger partial charge in [0.05, 0.1) is 5.76 Å². The molecular formula is C13H20N2O2. The molecule has 4 heteroatoms. The van der Waals surface area contributed by atoms with Crippen LogP contribution < -0.4 is 5.32 Å². The van der Waals surface area contributed by atoms with Crippen LogP contribution in [0.15, 0.2) is 11.8 Å². The van der Waals surface area contributed by atoms with Gasteiger partial charge >= 0.3 is 0 Å². The highest BCUT2D eigenvalue weighted by Crippen LogP contribution is 2.27. The van der Waals surface area contributed by atoms with E-state index in [0.717, 1.165) is 38.4 Å². The fraction of sp³-hybridized carbons (Fsp3) is 0.769. The van der Waals surface area contributed by atoms with E-state index >= 15 is 0 Å². The maximum atomic E-state index is 12.3. The van der Waals surface area contributed by atoms with Crippen LogP contribution in [0.2, 0.25) is 0 Å². The number of carbonyl (C=O) groups is 1. The van der Waals surface area contributed by atoms with Gasteiger partial charge in [0.1, 0.15) is 0 Å². The van der Waals surface area contributed by atoms with Crippen molar-refractivity contribution in [3.05, 3.63) is 11.8 Å². The molecule has 2 bridgehead atoms. The van der Waals surface area contributed by atoms with Gasteiger partial charge in [0.25, 0.3) is 5.91 Å². The van der Waals surface area contributed by atoms with Crippen LogP contribution in [0.3, 0.4) is 0 Å². The Hall–Kier alpha value is -1.03. The van der Waals surface area contributed by atoms with Gasteiger partial charge < -0.3 is 15.0 Å². The minimum atomic E-state index is -0.248. The number of hydrogen-bond donors (Lipinski definition) is 1. The molecule has 4 nitrogen and oxygen atoms in total. The molecule has 17 heavy (non-hydrogen) atoms. The van der Waals surface area contributed by atoms with Gasteiger partial charge in [0.15, 0.2) is 6.10 Å².